The second-order valence-corrected chi connectivity index (χ2v) is 9.08. The van der Waals surface area contributed by atoms with Gasteiger partial charge in [0.05, 0.1) is 24.4 Å². The fourth-order valence-corrected chi connectivity index (χ4v) is 4.28. The average Bonchev–Trinajstić information content (AvgIpc) is 3.01. The molecule has 1 fully saturated rings. The largest absolute Gasteiger partial charge is 0.463 e. The van der Waals surface area contributed by atoms with Gasteiger partial charge in [-0.25, -0.2) is 0 Å². The summed E-state index contributed by atoms with van der Waals surface area (Å²) in [6, 6.07) is 10.2. The van der Waals surface area contributed by atoms with Crippen molar-refractivity contribution in [3.05, 3.63) is 60.2 Å². The highest BCUT2D eigenvalue weighted by molar-refractivity contribution is 5.69. The van der Waals surface area contributed by atoms with Crippen LogP contribution in [0.2, 0.25) is 0 Å². The molecule has 0 amide bonds. The lowest BCUT2D eigenvalue weighted by Crippen LogP contribution is -2.20. The first-order chi connectivity index (χ1) is 15.4. The number of hydrogen-bond donors (Lipinski definition) is 3. The van der Waals surface area contributed by atoms with Crippen LogP contribution in [-0.4, -0.2) is 45.7 Å². The van der Waals surface area contributed by atoms with Crippen LogP contribution in [0.3, 0.4) is 0 Å². The maximum absolute atomic E-state index is 11.5. The third-order valence-corrected chi connectivity index (χ3v) is 5.97. The van der Waals surface area contributed by atoms with Crippen molar-refractivity contribution in [3.63, 3.8) is 0 Å². The number of benzene rings is 1. The van der Waals surface area contributed by atoms with E-state index in [0.29, 0.717) is 25.7 Å². The SMILES string of the molecule is CC(C)OC(=O)CCC/C=C/CC1C(O)CC(O)C1/C=C/C(O)CCCc1ccccc1. The topological polar surface area (TPSA) is 87.0 Å². The van der Waals surface area contributed by atoms with E-state index in [2.05, 4.69) is 12.1 Å². The predicted octanol–water partition coefficient (Wildman–Crippen LogP) is 4.35. The lowest BCUT2D eigenvalue weighted by molar-refractivity contribution is -0.147. The Morgan fingerprint density at radius 1 is 1.12 bits per heavy atom. The zero-order valence-corrected chi connectivity index (χ0v) is 19.5. The molecule has 5 atom stereocenters. The van der Waals surface area contributed by atoms with Crippen molar-refractivity contribution in [3.8, 4) is 0 Å². The van der Waals surface area contributed by atoms with Crippen LogP contribution >= 0.6 is 0 Å². The Morgan fingerprint density at radius 3 is 2.59 bits per heavy atom. The highest BCUT2D eigenvalue weighted by Gasteiger charge is 2.39. The molecule has 5 heteroatoms. The first-order valence-electron chi connectivity index (χ1n) is 12.0. The van der Waals surface area contributed by atoms with Gasteiger partial charge >= 0.3 is 5.97 Å². The van der Waals surface area contributed by atoms with Crippen LogP contribution in [0.4, 0.5) is 0 Å². The summed E-state index contributed by atoms with van der Waals surface area (Å²) in [5.41, 5.74) is 1.27. The zero-order chi connectivity index (χ0) is 23.3. The number of rotatable bonds is 13. The lowest BCUT2D eigenvalue weighted by atomic mass is 9.89. The third kappa shape index (κ3) is 9.68. The van der Waals surface area contributed by atoms with E-state index in [1.165, 1.54) is 5.56 Å². The molecule has 32 heavy (non-hydrogen) atoms. The molecule has 178 valence electrons. The molecule has 1 aliphatic carbocycles. The van der Waals surface area contributed by atoms with Gasteiger partial charge in [-0.2, -0.15) is 0 Å². The standard InChI is InChI=1S/C27H40O5/c1-20(2)32-27(31)16-9-4-3-8-15-23-24(26(30)19-25(23)29)18-17-22(28)14-10-13-21-11-6-5-7-12-21/h3,5-8,11-12,17-18,20,22-26,28-30H,4,9-10,13-16,19H2,1-2H3/b8-3+,18-17+. The summed E-state index contributed by atoms with van der Waals surface area (Å²) in [7, 11) is 0. The number of hydrogen-bond acceptors (Lipinski definition) is 5. The summed E-state index contributed by atoms with van der Waals surface area (Å²) in [6.45, 7) is 3.68. The minimum Gasteiger partial charge on any atom is -0.463 e. The molecule has 0 heterocycles. The third-order valence-electron chi connectivity index (χ3n) is 5.97. The van der Waals surface area contributed by atoms with E-state index in [9.17, 15) is 20.1 Å². The molecule has 0 aromatic heterocycles. The van der Waals surface area contributed by atoms with Gasteiger partial charge in [0.1, 0.15) is 0 Å². The summed E-state index contributed by atoms with van der Waals surface area (Å²) in [6.07, 6.45) is 11.3. The van der Waals surface area contributed by atoms with Gasteiger partial charge in [-0.1, -0.05) is 54.6 Å². The van der Waals surface area contributed by atoms with Gasteiger partial charge in [0.25, 0.3) is 0 Å². The van der Waals surface area contributed by atoms with Crippen LogP contribution in [-0.2, 0) is 16.0 Å². The molecule has 1 saturated carbocycles. The molecular formula is C27H40O5. The van der Waals surface area contributed by atoms with Crippen LogP contribution in [0.15, 0.2) is 54.6 Å². The molecule has 0 bridgehead atoms. The average molecular weight is 445 g/mol. The van der Waals surface area contributed by atoms with Crippen molar-refractivity contribution in [2.24, 2.45) is 11.8 Å². The summed E-state index contributed by atoms with van der Waals surface area (Å²) in [4.78, 5) is 11.5. The number of carbonyl (C=O) groups excluding carboxylic acids is 1. The Bertz CT molecular complexity index is 712. The van der Waals surface area contributed by atoms with Crippen molar-refractivity contribution >= 4 is 5.97 Å². The molecular weight excluding hydrogens is 404 g/mol. The van der Waals surface area contributed by atoms with E-state index in [1.54, 1.807) is 6.08 Å². The minimum absolute atomic E-state index is 0.0695. The Kier molecular flexibility index (Phi) is 11.7. The maximum atomic E-state index is 11.5. The fraction of sp³-hybridized carbons (Fsp3) is 0.593. The maximum Gasteiger partial charge on any atom is 0.306 e. The fourth-order valence-electron chi connectivity index (χ4n) is 4.28. The number of ether oxygens (including phenoxy) is 1. The quantitative estimate of drug-likeness (QED) is 0.239. The lowest BCUT2D eigenvalue weighted by Gasteiger charge is -2.19. The van der Waals surface area contributed by atoms with Crippen LogP contribution < -0.4 is 0 Å². The van der Waals surface area contributed by atoms with E-state index in [4.69, 9.17) is 4.74 Å². The van der Waals surface area contributed by atoms with Gasteiger partial charge in [-0.15, -0.1) is 0 Å². The number of esters is 1. The molecule has 0 aliphatic heterocycles. The van der Waals surface area contributed by atoms with E-state index < -0.39 is 18.3 Å². The molecule has 0 saturated heterocycles. The number of aliphatic hydroxyl groups is 3. The number of allylic oxidation sites excluding steroid dienone is 2. The van der Waals surface area contributed by atoms with E-state index in [0.717, 1.165) is 25.7 Å². The smallest absolute Gasteiger partial charge is 0.306 e. The van der Waals surface area contributed by atoms with E-state index in [-0.39, 0.29) is 23.9 Å². The van der Waals surface area contributed by atoms with Gasteiger partial charge in [0.2, 0.25) is 0 Å². The molecule has 3 N–H and O–H groups in total. The molecule has 1 aliphatic rings. The summed E-state index contributed by atoms with van der Waals surface area (Å²) >= 11 is 0. The van der Waals surface area contributed by atoms with Gasteiger partial charge in [-0.3, -0.25) is 4.79 Å². The van der Waals surface area contributed by atoms with Crippen molar-refractivity contribution < 1.29 is 24.9 Å². The van der Waals surface area contributed by atoms with E-state index in [1.807, 2.05) is 50.3 Å². The molecule has 5 unspecified atom stereocenters. The first kappa shape index (κ1) is 26.3. The first-order valence-corrected chi connectivity index (χ1v) is 12.0. The monoisotopic (exact) mass is 444 g/mol. The highest BCUT2D eigenvalue weighted by Crippen LogP contribution is 2.36. The van der Waals surface area contributed by atoms with E-state index >= 15 is 0 Å². The van der Waals surface area contributed by atoms with Crippen molar-refractivity contribution in [2.45, 2.75) is 89.6 Å². The molecule has 5 nitrogen and oxygen atoms in total. The highest BCUT2D eigenvalue weighted by atomic mass is 16.5. The molecule has 1 aromatic rings. The van der Waals surface area contributed by atoms with Crippen LogP contribution in [0.5, 0.6) is 0 Å². The predicted molar refractivity (Wildman–Crippen MR) is 127 cm³/mol. The van der Waals surface area contributed by atoms with Crippen molar-refractivity contribution in [1.82, 2.24) is 0 Å². The summed E-state index contributed by atoms with van der Waals surface area (Å²) in [5, 5.41) is 31.1. The van der Waals surface area contributed by atoms with Crippen LogP contribution in [0, 0.1) is 11.8 Å². The van der Waals surface area contributed by atoms with Gasteiger partial charge in [0.15, 0.2) is 0 Å². The Labute approximate surface area is 192 Å². The molecule has 1 aromatic carbocycles. The number of aryl methyl sites for hydroxylation is 1. The molecule has 0 spiro atoms. The second kappa shape index (κ2) is 14.2. The summed E-state index contributed by atoms with van der Waals surface area (Å²) in [5.74, 6) is -0.408. The summed E-state index contributed by atoms with van der Waals surface area (Å²) < 4.78 is 5.12. The second-order valence-electron chi connectivity index (χ2n) is 9.08. The number of aliphatic hydroxyl groups excluding tert-OH is 3. The number of unbranched alkanes of at least 4 members (excludes halogenated alkanes) is 1. The van der Waals surface area contributed by atoms with Gasteiger partial charge in [0, 0.05) is 18.8 Å². The number of carbonyl (C=O) groups is 1. The van der Waals surface area contributed by atoms with Gasteiger partial charge < -0.3 is 20.1 Å². The van der Waals surface area contributed by atoms with Gasteiger partial charge in [-0.05, 0) is 63.9 Å². The normalized spacial score (nSPS) is 24.6. The Hall–Kier alpha value is -1.95. The van der Waals surface area contributed by atoms with Crippen LogP contribution in [0.25, 0.3) is 0 Å². The molecule has 2 rings (SSSR count). The zero-order valence-electron chi connectivity index (χ0n) is 19.5. The Morgan fingerprint density at radius 2 is 1.88 bits per heavy atom. The Balaban J connectivity index is 1.73. The van der Waals surface area contributed by atoms with Crippen LogP contribution in [0.1, 0.15) is 64.4 Å². The molecule has 0 radical (unpaired) electrons. The minimum atomic E-state index is -0.595. The van der Waals surface area contributed by atoms with Crippen molar-refractivity contribution in [1.29, 1.82) is 0 Å². The van der Waals surface area contributed by atoms with Crippen molar-refractivity contribution in [2.75, 3.05) is 0 Å².